The second kappa shape index (κ2) is 9.08. The lowest BCUT2D eigenvalue weighted by Gasteiger charge is -2.23. The van der Waals surface area contributed by atoms with Gasteiger partial charge in [0.1, 0.15) is 0 Å². The molecule has 5 heteroatoms. The van der Waals surface area contributed by atoms with Crippen LogP contribution in [0.5, 0.6) is 0 Å². The van der Waals surface area contributed by atoms with Crippen LogP contribution in [0.15, 0.2) is 0 Å². The van der Waals surface area contributed by atoms with Gasteiger partial charge in [0.2, 0.25) is 5.91 Å². The van der Waals surface area contributed by atoms with E-state index in [1.165, 1.54) is 6.92 Å². The van der Waals surface area contributed by atoms with Crippen LogP contribution in [0.25, 0.3) is 0 Å². The highest BCUT2D eigenvalue weighted by Gasteiger charge is 2.21. The van der Waals surface area contributed by atoms with Crippen LogP contribution in [-0.4, -0.2) is 48.8 Å². The highest BCUT2D eigenvalue weighted by molar-refractivity contribution is 5.88. The molecule has 0 rings (SSSR count). The zero-order valence-electron chi connectivity index (χ0n) is 13.8. The number of Topliss-reactive ketones (excluding diaryl/α,β-unsaturated/α-hetero) is 1. The van der Waals surface area contributed by atoms with Gasteiger partial charge in [-0.2, -0.15) is 0 Å². The number of likely N-dealkylation sites (N-methyl/N-ethyl adjacent to an activating group) is 1. The molecule has 1 amide bonds. The molecular weight excluding hydrogens is 254 g/mol. The summed E-state index contributed by atoms with van der Waals surface area (Å²) in [7, 11) is 1.89. The summed E-state index contributed by atoms with van der Waals surface area (Å²) in [5.74, 6) is 0.439. The Labute approximate surface area is 123 Å². The number of carbonyl (C=O) groups excluding carboxylic acids is 2. The molecule has 5 nitrogen and oxygen atoms in total. The molecule has 3 N–H and O–H groups in total. The van der Waals surface area contributed by atoms with Crippen molar-refractivity contribution in [2.75, 3.05) is 20.1 Å². The Kier molecular flexibility index (Phi) is 8.65. The smallest absolute Gasteiger partial charge is 0.234 e. The molecule has 0 saturated heterocycles. The highest BCUT2D eigenvalue weighted by atomic mass is 16.2. The van der Waals surface area contributed by atoms with Crippen molar-refractivity contribution in [2.24, 2.45) is 17.6 Å². The van der Waals surface area contributed by atoms with E-state index in [2.05, 4.69) is 19.2 Å². The van der Waals surface area contributed by atoms with E-state index in [1.54, 1.807) is 0 Å². The molecule has 118 valence electrons. The van der Waals surface area contributed by atoms with Gasteiger partial charge in [-0.3, -0.25) is 14.5 Å². The Bertz CT molecular complexity index is 316. The van der Waals surface area contributed by atoms with Crippen molar-refractivity contribution in [3.05, 3.63) is 0 Å². The van der Waals surface area contributed by atoms with Crippen molar-refractivity contribution in [2.45, 2.75) is 53.1 Å². The second-order valence-corrected chi connectivity index (χ2v) is 6.33. The van der Waals surface area contributed by atoms with E-state index in [4.69, 9.17) is 5.73 Å². The van der Waals surface area contributed by atoms with Crippen LogP contribution >= 0.6 is 0 Å². The summed E-state index contributed by atoms with van der Waals surface area (Å²) in [6.45, 7) is 10.6. The van der Waals surface area contributed by atoms with Gasteiger partial charge in [-0.05, 0) is 38.8 Å². The number of amides is 1. The quantitative estimate of drug-likeness (QED) is 0.663. The summed E-state index contributed by atoms with van der Waals surface area (Å²) in [6.07, 6.45) is 0.863. The van der Waals surface area contributed by atoms with Gasteiger partial charge in [-0.1, -0.05) is 27.7 Å². The van der Waals surface area contributed by atoms with E-state index in [-0.39, 0.29) is 23.7 Å². The molecule has 2 atom stereocenters. The van der Waals surface area contributed by atoms with Crippen molar-refractivity contribution in [3.63, 3.8) is 0 Å². The standard InChI is InChI=1S/C15H31N3O2/c1-10(2)13(16)7-8-18(6)9-14(20)17-15(11(3)4)12(5)19/h10-11,13,15H,7-9,16H2,1-6H3,(H,17,20). The molecule has 0 aliphatic heterocycles. The van der Waals surface area contributed by atoms with Gasteiger partial charge in [0, 0.05) is 6.04 Å². The third-order valence-corrected chi connectivity index (χ3v) is 3.54. The first kappa shape index (κ1) is 19.1. The zero-order valence-corrected chi connectivity index (χ0v) is 13.8. The van der Waals surface area contributed by atoms with Crippen LogP contribution in [0, 0.1) is 11.8 Å². The van der Waals surface area contributed by atoms with Gasteiger partial charge in [0.15, 0.2) is 5.78 Å². The Hall–Kier alpha value is -0.940. The minimum Gasteiger partial charge on any atom is -0.345 e. The first-order chi connectivity index (χ1) is 9.15. The molecular formula is C15H31N3O2. The Morgan fingerprint density at radius 2 is 1.70 bits per heavy atom. The van der Waals surface area contributed by atoms with Crippen LogP contribution in [0.3, 0.4) is 0 Å². The van der Waals surface area contributed by atoms with E-state index < -0.39 is 6.04 Å². The molecule has 2 unspecified atom stereocenters. The predicted molar refractivity (Wildman–Crippen MR) is 82.4 cm³/mol. The first-order valence-corrected chi connectivity index (χ1v) is 7.39. The van der Waals surface area contributed by atoms with E-state index >= 15 is 0 Å². The third-order valence-electron chi connectivity index (χ3n) is 3.54. The van der Waals surface area contributed by atoms with Crippen LogP contribution in [0.2, 0.25) is 0 Å². The number of nitrogens with zero attached hydrogens (tertiary/aromatic N) is 1. The van der Waals surface area contributed by atoms with Crippen molar-refractivity contribution >= 4 is 11.7 Å². The van der Waals surface area contributed by atoms with Gasteiger partial charge < -0.3 is 11.1 Å². The Morgan fingerprint density at radius 1 is 1.15 bits per heavy atom. The molecule has 0 aromatic rings. The zero-order chi connectivity index (χ0) is 15.9. The first-order valence-electron chi connectivity index (χ1n) is 7.39. The van der Waals surface area contributed by atoms with Crippen LogP contribution < -0.4 is 11.1 Å². The average Bonchev–Trinajstić information content (AvgIpc) is 2.31. The van der Waals surface area contributed by atoms with Gasteiger partial charge in [-0.15, -0.1) is 0 Å². The highest BCUT2D eigenvalue weighted by Crippen LogP contribution is 2.04. The lowest BCUT2D eigenvalue weighted by atomic mass is 10.0. The maximum Gasteiger partial charge on any atom is 0.234 e. The molecule has 0 fully saturated rings. The van der Waals surface area contributed by atoms with Crippen molar-refractivity contribution < 1.29 is 9.59 Å². The number of rotatable bonds is 9. The molecule has 0 aliphatic carbocycles. The summed E-state index contributed by atoms with van der Waals surface area (Å²) in [4.78, 5) is 25.3. The van der Waals surface area contributed by atoms with Gasteiger partial charge in [0.05, 0.1) is 12.6 Å². The third kappa shape index (κ3) is 7.60. The van der Waals surface area contributed by atoms with Gasteiger partial charge in [-0.25, -0.2) is 0 Å². The normalized spacial score (nSPS) is 14.7. The molecule has 0 aromatic carbocycles. The average molecular weight is 285 g/mol. The van der Waals surface area contributed by atoms with Crippen molar-refractivity contribution in [3.8, 4) is 0 Å². The molecule has 0 heterocycles. The summed E-state index contributed by atoms with van der Waals surface area (Å²) in [6, 6.07) is -0.241. The molecule has 0 aliphatic rings. The van der Waals surface area contributed by atoms with Crippen LogP contribution in [-0.2, 0) is 9.59 Å². The monoisotopic (exact) mass is 285 g/mol. The maximum absolute atomic E-state index is 11.9. The summed E-state index contributed by atoms with van der Waals surface area (Å²) >= 11 is 0. The summed E-state index contributed by atoms with van der Waals surface area (Å²) in [5, 5.41) is 2.80. The minimum absolute atomic E-state index is 0.00201. The molecule has 0 radical (unpaired) electrons. The number of nitrogens with one attached hydrogen (secondary N) is 1. The fraction of sp³-hybridized carbons (Fsp3) is 0.867. The van der Waals surface area contributed by atoms with E-state index in [1.807, 2.05) is 25.8 Å². The largest absolute Gasteiger partial charge is 0.345 e. The lowest BCUT2D eigenvalue weighted by molar-refractivity contribution is -0.128. The lowest BCUT2D eigenvalue weighted by Crippen LogP contribution is -2.47. The number of carbonyl (C=O) groups is 2. The fourth-order valence-corrected chi connectivity index (χ4v) is 1.98. The second-order valence-electron chi connectivity index (χ2n) is 6.33. The molecule has 20 heavy (non-hydrogen) atoms. The van der Waals surface area contributed by atoms with Crippen molar-refractivity contribution in [1.29, 1.82) is 0 Å². The topological polar surface area (TPSA) is 75.4 Å². The maximum atomic E-state index is 11.9. The fourth-order valence-electron chi connectivity index (χ4n) is 1.98. The SMILES string of the molecule is CC(=O)C(NC(=O)CN(C)CCC(N)C(C)C)C(C)C. The van der Waals surface area contributed by atoms with Gasteiger partial charge in [0.25, 0.3) is 0 Å². The van der Waals surface area contributed by atoms with E-state index in [9.17, 15) is 9.59 Å². The number of hydrogen-bond donors (Lipinski definition) is 2. The van der Waals surface area contributed by atoms with Crippen LogP contribution in [0.4, 0.5) is 0 Å². The summed E-state index contributed by atoms with van der Waals surface area (Å²) < 4.78 is 0. The Balaban J connectivity index is 4.16. The minimum atomic E-state index is -0.395. The van der Waals surface area contributed by atoms with E-state index in [0.717, 1.165) is 13.0 Å². The molecule has 0 spiro atoms. The molecule has 0 bridgehead atoms. The Morgan fingerprint density at radius 3 is 2.10 bits per heavy atom. The predicted octanol–water partition coefficient (Wildman–Crippen LogP) is 1.02. The van der Waals surface area contributed by atoms with Gasteiger partial charge >= 0.3 is 0 Å². The molecule has 0 aromatic heterocycles. The number of ketones is 1. The number of nitrogens with two attached hydrogens (primary N) is 1. The molecule has 0 saturated carbocycles. The van der Waals surface area contributed by atoms with Crippen LogP contribution in [0.1, 0.15) is 41.0 Å². The van der Waals surface area contributed by atoms with Crippen molar-refractivity contribution in [1.82, 2.24) is 10.2 Å². The van der Waals surface area contributed by atoms with E-state index in [0.29, 0.717) is 12.5 Å². The number of hydrogen-bond acceptors (Lipinski definition) is 4. The summed E-state index contributed by atoms with van der Waals surface area (Å²) in [5.41, 5.74) is 5.98.